The number of rotatable bonds is 8. The molecule has 0 unspecified atom stereocenters. The topological polar surface area (TPSA) is 62.8 Å². The van der Waals surface area contributed by atoms with Crippen molar-refractivity contribution in [2.75, 3.05) is 46.0 Å². The first-order valence-electron chi connectivity index (χ1n) is 9.79. The molecule has 1 saturated heterocycles. The number of nitrogens with zero attached hydrogens (tertiary/aromatic N) is 1. The summed E-state index contributed by atoms with van der Waals surface area (Å²) in [4.78, 5) is 14.7. The number of hydrogen-bond donors (Lipinski definition) is 2. The second kappa shape index (κ2) is 10.7. The van der Waals surface area contributed by atoms with Gasteiger partial charge in [-0.05, 0) is 24.6 Å². The Morgan fingerprint density at radius 2 is 1.82 bits per heavy atom. The minimum Gasteiger partial charge on any atom is -0.492 e. The Kier molecular flexibility index (Phi) is 7.70. The molecule has 0 radical (unpaired) electrons. The van der Waals surface area contributed by atoms with Gasteiger partial charge in [0.25, 0.3) is 0 Å². The van der Waals surface area contributed by atoms with E-state index in [4.69, 9.17) is 9.47 Å². The van der Waals surface area contributed by atoms with Crippen molar-refractivity contribution in [2.45, 2.75) is 13.0 Å². The maximum Gasteiger partial charge on any atom is 0.315 e. The molecule has 6 heteroatoms. The maximum absolute atomic E-state index is 12.4. The van der Waals surface area contributed by atoms with Crippen molar-refractivity contribution >= 4 is 6.03 Å². The molecule has 0 saturated carbocycles. The first kappa shape index (κ1) is 20.2. The summed E-state index contributed by atoms with van der Waals surface area (Å²) in [7, 11) is 0. The first-order valence-corrected chi connectivity index (χ1v) is 9.79. The number of aryl methyl sites for hydroxylation is 1. The Hall–Kier alpha value is -2.57. The van der Waals surface area contributed by atoms with Gasteiger partial charge in [0.1, 0.15) is 12.4 Å². The molecule has 1 aliphatic heterocycles. The predicted octanol–water partition coefficient (Wildman–Crippen LogP) is 2.75. The van der Waals surface area contributed by atoms with Gasteiger partial charge in [0.15, 0.2) is 0 Å². The fourth-order valence-corrected chi connectivity index (χ4v) is 3.14. The third-order valence-corrected chi connectivity index (χ3v) is 4.73. The van der Waals surface area contributed by atoms with E-state index in [0.717, 1.165) is 44.2 Å². The lowest BCUT2D eigenvalue weighted by atomic mass is 10.1. The van der Waals surface area contributed by atoms with Crippen LogP contribution in [0.5, 0.6) is 5.75 Å². The molecular weight excluding hydrogens is 354 g/mol. The van der Waals surface area contributed by atoms with Crippen LogP contribution in [0.25, 0.3) is 0 Å². The number of morpholine rings is 1. The summed E-state index contributed by atoms with van der Waals surface area (Å²) in [5.41, 5.74) is 2.29. The van der Waals surface area contributed by atoms with Gasteiger partial charge in [0, 0.05) is 19.6 Å². The molecule has 0 spiro atoms. The molecule has 2 aromatic carbocycles. The quantitative estimate of drug-likeness (QED) is 0.688. The maximum atomic E-state index is 12.4. The van der Waals surface area contributed by atoms with Crippen LogP contribution in [0.15, 0.2) is 54.6 Å². The molecule has 3 rings (SSSR count). The molecule has 1 aliphatic rings. The van der Waals surface area contributed by atoms with E-state index in [0.29, 0.717) is 13.2 Å². The SMILES string of the molecule is Cc1ccc(OCCNC(=O)N[C@H](CN2CCOCC2)c2ccccc2)cc1. The third-order valence-electron chi connectivity index (χ3n) is 4.73. The van der Waals surface area contributed by atoms with Gasteiger partial charge in [0.2, 0.25) is 0 Å². The number of hydrogen-bond acceptors (Lipinski definition) is 4. The Labute approximate surface area is 166 Å². The molecule has 6 nitrogen and oxygen atoms in total. The van der Waals surface area contributed by atoms with E-state index in [1.54, 1.807) is 0 Å². The Balaban J connectivity index is 1.47. The van der Waals surface area contributed by atoms with Crippen molar-refractivity contribution in [1.29, 1.82) is 0 Å². The van der Waals surface area contributed by atoms with Gasteiger partial charge in [-0.25, -0.2) is 4.79 Å². The summed E-state index contributed by atoms with van der Waals surface area (Å²) in [5.74, 6) is 0.808. The van der Waals surface area contributed by atoms with E-state index in [1.165, 1.54) is 5.56 Å². The van der Waals surface area contributed by atoms with Gasteiger partial charge in [0.05, 0.1) is 25.8 Å². The van der Waals surface area contributed by atoms with Crippen LogP contribution in [0.3, 0.4) is 0 Å². The van der Waals surface area contributed by atoms with Gasteiger partial charge < -0.3 is 20.1 Å². The number of carbonyl (C=O) groups is 1. The van der Waals surface area contributed by atoms with E-state index in [9.17, 15) is 4.79 Å². The molecule has 2 amide bonds. The minimum atomic E-state index is -0.186. The lowest BCUT2D eigenvalue weighted by Gasteiger charge is -2.31. The molecule has 150 valence electrons. The van der Waals surface area contributed by atoms with Gasteiger partial charge in [-0.1, -0.05) is 48.0 Å². The number of carbonyl (C=O) groups excluding carboxylic acids is 1. The average molecular weight is 383 g/mol. The van der Waals surface area contributed by atoms with Crippen LogP contribution in [-0.4, -0.2) is 56.9 Å². The molecule has 0 aromatic heterocycles. The number of ether oxygens (including phenoxy) is 2. The highest BCUT2D eigenvalue weighted by molar-refractivity contribution is 5.74. The highest BCUT2D eigenvalue weighted by atomic mass is 16.5. The summed E-state index contributed by atoms with van der Waals surface area (Å²) in [6.45, 7) is 6.92. The lowest BCUT2D eigenvalue weighted by Crippen LogP contribution is -2.46. The van der Waals surface area contributed by atoms with Crippen LogP contribution in [0.1, 0.15) is 17.2 Å². The fraction of sp³-hybridized carbons (Fsp3) is 0.409. The van der Waals surface area contributed by atoms with Crippen LogP contribution >= 0.6 is 0 Å². The van der Waals surface area contributed by atoms with E-state index in [1.807, 2.05) is 61.5 Å². The molecule has 1 atom stereocenters. The summed E-state index contributed by atoms with van der Waals surface area (Å²) < 4.78 is 11.1. The second-order valence-corrected chi connectivity index (χ2v) is 6.94. The van der Waals surface area contributed by atoms with Crippen molar-refractivity contribution in [3.63, 3.8) is 0 Å². The van der Waals surface area contributed by atoms with E-state index in [-0.39, 0.29) is 12.1 Å². The third kappa shape index (κ3) is 6.55. The largest absolute Gasteiger partial charge is 0.492 e. The molecular formula is C22H29N3O3. The standard InChI is InChI=1S/C22H29N3O3/c1-18-7-9-20(10-8-18)28-14-11-23-22(26)24-21(19-5-3-2-4-6-19)17-25-12-15-27-16-13-25/h2-10,21H,11-17H2,1H3,(H2,23,24,26)/t21-/m1/s1. The van der Waals surface area contributed by atoms with Crippen molar-refractivity contribution in [3.05, 3.63) is 65.7 Å². The summed E-state index contributed by atoms with van der Waals surface area (Å²) in [6.07, 6.45) is 0. The van der Waals surface area contributed by atoms with Crippen molar-refractivity contribution in [2.24, 2.45) is 0 Å². The Morgan fingerprint density at radius 3 is 2.54 bits per heavy atom. The minimum absolute atomic E-state index is 0.0719. The monoisotopic (exact) mass is 383 g/mol. The van der Waals surface area contributed by atoms with Crippen molar-refractivity contribution in [3.8, 4) is 5.75 Å². The van der Waals surface area contributed by atoms with Crippen LogP contribution in [-0.2, 0) is 4.74 Å². The zero-order valence-electron chi connectivity index (χ0n) is 16.4. The second-order valence-electron chi connectivity index (χ2n) is 6.94. The van der Waals surface area contributed by atoms with Crippen LogP contribution < -0.4 is 15.4 Å². The molecule has 0 bridgehead atoms. The lowest BCUT2D eigenvalue weighted by molar-refractivity contribution is 0.0339. The molecule has 1 fully saturated rings. The van der Waals surface area contributed by atoms with E-state index < -0.39 is 0 Å². The molecule has 2 N–H and O–H groups in total. The number of urea groups is 1. The van der Waals surface area contributed by atoms with E-state index >= 15 is 0 Å². The normalized spacial score (nSPS) is 15.6. The predicted molar refractivity (Wildman–Crippen MR) is 110 cm³/mol. The van der Waals surface area contributed by atoms with E-state index in [2.05, 4.69) is 15.5 Å². The zero-order valence-corrected chi connectivity index (χ0v) is 16.4. The fourth-order valence-electron chi connectivity index (χ4n) is 3.14. The van der Waals surface area contributed by atoms with Crippen molar-refractivity contribution < 1.29 is 14.3 Å². The molecule has 28 heavy (non-hydrogen) atoms. The van der Waals surface area contributed by atoms with Gasteiger partial charge in [-0.3, -0.25) is 4.90 Å². The summed E-state index contributed by atoms with van der Waals surface area (Å²) in [6, 6.07) is 17.7. The molecule has 1 heterocycles. The Morgan fingerprint density at radius 1 is 1.11 bits per heavy atom. The zero-order chi connectivity index (χ0) is 19.6. The summed E-state index contributed by atoms with van der Waals surface area (Å²) in [5, 5.41) is 5.98. The average Bonchev–Trinajstić information content (AvgIpc) is 2.73. The van der Waals surface area contributed by atoms with Crippen LogP contribution in [0.4, 0.5) is 4.79 Å². The van der Waals surface area contributed by atoms with Crippen LogP contribution in [0, 0.1) is 6.92 Å². The van der Waals surface area contributed by atoms with Gasteiger partial charge in [-0.2, -0.15) is 0 Å². The highest BCUT2D eigenvalue weighted by Gasteiger charge is 2.19. The number of amides is 2. The smallest absolute Gasteiger partial charge is 0.315 e. The summed E-state index contributed by atoms with van der Waals surface area (Å²) >= 11 is 0. The van der Waals surface area contributed by atoms with Gasteiger partial charge >= 0.3 is 6.03 Å². The first-order chi connectivity index (χ1) is 13.7. The van der Waals surface area contributed by atoms with Crippen LogP contribution in [0.2, 0.25) is 0 Å². The molecule has 0 aliphatic carbocycles. The highest BCUT2D eigenvalue weighted by Crippen LogP contribution is 2.15. The number of nitrogens with one attached hydrogen (secondary N) is 2. The Bertz CT molecular complexity index is 716. The van der Waals surface area contributed by atoms with Gasteiger partial charge in [-0.15, -0.1) is 0 Å². The van der Waals surface area contributed by atoms with Crippen molar-refractivity contribution in [1.82, 2.24) is 15.5 Å². The molecule has 2 aromatic rings. The number of benzene rings is 2.